The molecule has 1 saturated heterocycles. The summed E-state index contributed by atoms with van der Waals surface area (Å²) in [6.07, 6.45) is 5.61. The molecule has 2 unspecified atom stereocenters. The van der Waals surface area contributed by atoms with Gasteiger partial charge in [0.15, 0.2) is 0 Å². The van der Waals surface area contributed by atoms with Gasteiger partial charge in [0.1, 0.15) is 0 Å². The molecule has 0 N–H and O–H groups in total. The Kier molecular flexibility index (Phi) is 3.43. The first-order chi connectivity index (χ1) is 4.79. The van der Waals surface area contributed by atoms with Crippen LogP contribution in [-0.2, 0) is 4.74 Å². The molecule has 1 fully saturated rings. The quantitative estimate of drug-likeness (QED) is 0.496. The molecule has 58 valence electrons. The summed E-state index contributed by atoms with van der Waals surface area (Å²) in [4.78, 5) is 0.494. The van der Waals surface area contributed by atoms with Gasteiger partial charge in [0.2, 0.25) is 0 Å². The van der Waals surface area contributed by atoms with Crippen molar-refractivity contribution in [2.24, 2.45) is 5.92 Å². The molecular formula is C8H13BrO. The van der Waals surface area contributed by atoms with E-state index >= 15 is 0 Å². The minimum absolute atomic E-state index is 0.494. The molecule has 0 aliphatic carbocycles. The summed E-state index contributed by atoms with van der Waals surface area (Å²) < 4.78 is 5.22. The molecule has 0 aromatic heterocycles. The molecule has 0 radical (unpaired) electrons. The van der Waals surface area contributed by atoms with Gasteiger partial charge in [-0.15, -0.1) is 0 Å². The number of rotatable bonds is 2. The molecule has 0 spiro atoms. The van der Waals surface area contributed by atoms with E-state index in [1.807, 2.05) is 0 Å². The van der Waals surface area contributed by atoms with E-state index in [4.69, 9.17) is 4.74 Å². The van der Waals surface area contributed by atoms with Gasteiger partial charge in [-0.25, -0.2) is 0 Å². The van der Waals surface area contributed by atoms with Crippen LogP contribution in [0.4, 0.5) is 0 Å². The van der Waals surface area contributed by atoms with Crippen LogP contribution >= 0.6 is 15.9 Å². The number of alkyl halides is 1. The molecule has 10 heavy (non-hydrogen) atoms. The molecule has 1 heterocycles. The van der Waals surface area contributed by atoms with Crippen molar-refractivity contribution < 1.29 is 4.74 Å². The predicted molar refractivity (Wildman–Crippen MR) is 46.5 cm³/mol. The summed E-state index contributed by atoms with van der Waals surface area (Å²) in [5, 5.41) is 0. The molecule has 2 heteroatoms. The van der Waals surface area contributed by atoms with Crippen molar-refractivity contribution in [2.45, 2.75) is 18.2 Å². The van der Waals surface area contributed by atoms with Gasteiger partial charge in [-0.2, -0.15) is 0 Å². The van der Waals surface area contributed by atoms with Crippen molar-refractivity contribution in [1.82, 2.24) is 0 Å². The summed E-state index contributed by atoms with van der Waals surface area (Å²) in [7, 11) is 0. The second kappa shape index (κ2) is 4.14. The Bertz CT molecular complexity index is 114. The van der Waals surface area contributed by atoms with E-state index in [-0.39, 0.29) is 0 Å². The number of allylic oxidation sites excluding steroid dienone is 1. The molecule has 1 nitrogen and oxygen atoms in total. The van der Waals surface area contributed by atoms with E-state index in [9.17, 15) is 0 Å². The number of hydrogen-bond acceptors (Lipinski definition) is 1. The Hall–Kier alpha value is 0.180. The minimum atomic E-state index is 0.494. The zero-order valence-corrected chi connectivity index (χ0v) is 7.80. The summed E-state index contributed by atoms with van der Waals surface area (Å²) in [5.41, 5.74) is 0. The summed E-state index contributed by atoms with van der Waals surface area (Å²) in [6.45, 7) is 3.97. The topological polar surface area (TPSA) is 9.23 Å². The van der Waals surface area contributed by atoms with Crippen LogP contribution in [0.2, 0.25) is 0 Å². The summed E-state index contributed by atoms with van der Waals surface area (Å²) in [5.74, 6) is 0.667. The van der Waals surface area contributed by atoms with Crippen LogP contribution in [0.5, 0.6) is 0 Å². The van der Waals surface area contributed by atoms with E-state index in [0.717, 1.165) is 13.2 Å². The molecule has 0 aromatic carbocycles. The van der Waals surface area contributed by atoms with Crippen LogP contribution in [0.1, 0.15) is 13.3 Å². The van der Waals surface area contributed by atoms with Gasteiger partial charge < -0.3 is 4.74 Å². The summed E-state index contributed by atoms with van der Waals surface area (Å²) >= 11 is 3.45. The van der Waals surface area contributed by atoms with Crippen LogP contribution in [0.15, 0.2) is 12.2 Å². The van der Waals surface area contributed by atoms with Crippen molar-refractivity contribution in [3.8, 4) is 0 Å². The zero-order valence-electron chi connectivity index (χ0n) is 6.22. The lowest BCUT2D eigenvalue weighted by Gasteiger charge is -1.98. The van der Waals surface area contributed by atoms with Crippen LogP contribution in [0, 0.1) is 5.92 Å². The molecule has 1 aliphatic rings. The van der Waals surface area contributed by atoms with Gasteiger partial charge in [-0.1, -0.05) is 28.1 Å². The lowest BCUT2D eigenvalue weighted by Crippen LogP contribution is -1.94. The predicted octanol–water partition coefficient (Wildman–Crippen LogP) is 2.36. The van der Waals surface area contributed by atoms with Crippen molar-refractivity contribution in [1.29, 1.82) is 0 Å². The molecule has 2 atom stereocenters. The number of halogens is 1. The first kappa shape index (κ1) is 8.28. The van der Waals surface area contributed by atoms with Gasteiger partial charge in [-0.05, 0) is 13.3 Å². The lowest BCUT2D eigenvalue weighted by atomic mass is 10.1. The summed E-state index contributed by atoms with van der Waals surface area (Å²) in [6, 6.07) is 0. The normalized spacial score (nSPS) is 29.6. The van der Waals surface area contributed by atoms with Gasteiger partial charge in [0.25, 0.3) is 0 Å². The average Bonchev–Trinajstić information content (AvgIpc) is 2.34. The van der Waals surface area contributed by atoms with Gasteiger partial charge in [0, 0.05) is 17.4 Å². The standard InChI is InChI=1S/C8H13BrO/c1-7(9)2-3-8-4-5-10-6-8/h2-3,7-8H,4-6H2,1H3/b3-2+. The van der Waals surface area contributed by atoms with Crippen molar-refractivity contribution in [3.63, 3.8) is 0 Å². The highest BCUT2D eigenvalue weighted by Crippen LogP contribution is 2.14. The first-order valence-electron chi connectivity index (χ1n) is 3.69. The smallest absolute Gasteiger partial charge is 0.0529 e. The van der Waals surface area contributed by atoms with Crippen molar-refractivity contribution in [3.05, 3.63) is 12.2 Å². The second-order valence-corrected chi connectivity index (χ2v) is 4.13. The lowest BCUT2D eigenvalue weighted by molar-refractivity contribution is 0.191. The zero-order chi connectivity index (χ0) is 7.40. The third-order valence-corrected chi connectivity index (χ3v) is 1.92. The minimum Gasteiger partial charge on any atom is -0.381 e. The van der Waals surface area contributed by atoms with E-state index in [1.54, 1.807) is 0 Å². The fourth-order valence-corrected chi connectivity index (χ4v) is 1.19. The molecule has 1 aliphatic heterocycles. The maximum absolute atomic E-state index is 5.22. The molecule has 0 aromatic rings. The molecular weight excluding hydrogens is 192 g/mol. The molecule has 1 rings (SSSR count). The highest BCUT2D eigenvalue weighted by Gasteiger charge is 2.11. The first-order valence-corrected chi connectivity index (χ1v) is 4.61. The van der Waals surface area contributed by atoms with Gasteiger partial charge in [-0.3, -0.25) is 0 Å². The van der Waals surface area contributed by atoms with Gasteiger partial charge >= 0.3 is 0 Å². The van der Waals surface area contributed by atoms with Crippen molar-refractivity contribution in [2.75, 3.05) is 13.2 Å². The highest BCUT2D eigenvalue weighted by molar-refractivity contribution is 9.09. The fraction of sp³-hybridized carbons (Fsp3) is 0.750. The third kappa shape index (κ3) is 2.84. The Morgan fingerprint density at radius 3 is 3.00 bits per heavy atom. The third-order valence-electron chi connectivity index (χ3n) is 1.61. The molecule has 0 saturated carbocycles. The SMILES string of the molecule is CC(Br)/C=C/C1CCOC1. The second-order valence-electron chi connectivity index (χ2n) is 2.69. The van der Waals surface area contributed by atoms with Crippen molar-refractivity contribution >= 4 is 15.9 Å². The Morgan fingerprint density at radius 2 is 2.50 bits per heavy atom. The highest BCUT2D eigenvalue weighted by atomic mass is 79.9. The largest absolute Gasteiger partial charge is 0.381 e. The Morgan fingerprint density at radius 1 is 1.70 bits per heavy atom. The van der Waals surface area contributed by atoms with E-state index in [0.29, 0.717) is 10.7 Å². The Balaban J connectivity index is 2.23. The Labute approximate surface area is 70.6 Å². The van der Waals surface area contributed by atoms with Gasteiger partial charge in [0.05, 0.1) is 6.61 Å². The fourth-order valence-electron chi connectivity index (χ4n) is 1.01. The van der Waals surface area contributed by atoms with Crippen LogP contribution in [0.3, 0.4) is 0 Å². The van der Waals surface area contributed by atoms with Crippen LogP contribution in [-0.4, -0.2) is 18.0 Å². The van der Waals surface area contributed by atoms with E-state index in [1.165, 1.54) is 6.42 Å². The van der Waals surface area contributed by atoms with Crippen LogP contribution in [0.25, 0.3) is 0 Å². The molecule has 0 amide bonds. The van der Waals surface area contributed by atoms with E-state index in [2.05, 4.69) is 35.0 Å². The van der Waals surface area contributed by atoms with E-state index < -0.39 is 0 Å². The monoisotopic (exact) mass is 204 g/mol. The maximum atomic E-state index is 5.22. The average molecular weight is 205 g/mol. The number of hydrogen-bond donors (Lipinski definition) is 0. The maximum Gasteiger partial charge on any atom is 0.0529 e. The molecule has 0 bridgehead atoms. The van der Waals surface area contributed by atoms with Crippen LogP contribution < -0.4 is 0 Å². The number of ether oxygens (including phenoxy) is 1.